The largest absolute Gasteiger partial charge is 0.495 e. The molecule has 1 fully saturated rings. The highest BCUT2D eigenvalue weighted by Gasteiger charge is 2.35. The van der Waals surface area contributed by atoms with Crippen molar-refractivity contribution in [2.75, 3.05) is 39.9 Å². The monoisotopic (exact) mass is 490 g/mol. The Morgan fingerprint density at radius 3 is 2.25 bits per heavy atom. The highest BCUT2D eigenvalue weighted by molar-refractivity contribution is 6.04. The summed E-state index contributed by atoms with van der Waals surface area (Å²) in [5.74, 6) is -1.36. The Balaban J connectivity index is 1.75. The van der Waals surface area contributed by atoms with Crippen LogP contribution in [0.2, 0.25) is 0 Å². The van der Waals surface area contributed by atoms with Crippen molar-refractivity contribution in [1.29, 1.82) is 0 Å². The van der Waals surface area contributed by atoms with Crippen molar-refractivity contribution in [2.24, 2.45) is 5.73 Å². The first kappa shape index (κ1) is 25.0. The summed E-state index contributed by atoms with van der Waals surface area (Å²) in [6.07, 6.45) is -0.0608. The fraction of sp³-hybridized carbons (Fsp3) is 0.333. The van der Waals surface area contributed by atoms with Gasteiger partial charge in [0.2, 0.25) is 5.91 Å². The van der Waals surface area contributed by atoms with Gasteiger partial charge in [-0.15, -0.1) is 0 Å². The van der Waals surface area contributed by atoms with E-state index in [1.54, 1.807) is 22.8 Å². The van der Waals surface area contributed by atoms with Gasteiger partial charge in [0.15, 0.2) is 0 Å². The maximum atomic E-state index is 14.0. The molecular weight excluding hydrogens is 460 g/mol. The molecule has 9 heteroatoms. The summed E-state index contributed by atoms with van der Waals surface area (Å²) in [6, 6.07) is 16.9. The van der Waals surface area contributed by atoms with Gasteiger partial charge in [-0.2, -0.15) is 0 Å². The van der Waals surface area contributed by atoms with Gasteiger partial charge in [-0.3, -0.25) is 14.6 Å². The van der Waals surface area contributed by atoms with E-state index in [0.717, 1.165) is 5.56 Å². The lowest BCUT2D eigenvalue weighted by atomic mass is 9.89. The van der Waals surface area contributed by atoms with Crippen molar-refractivity contribution in [2.45, 2.75) is 19.3 Å². The van der Waals surface area contributed by atoms with Gasteiger partial charge >= 0.3 is 6.09 Å². The van der Waals surface area contributed by atoms with Crippen LogP contribution in [0.5, 0.6) is 5.75 Å². The Morgan fingerprint density at radius 2 is 1.61 bits per heavy atom. The summed E-state index contributed by atoms with van der Waals surface area (Å²) in [5.41, 5.74) is 7.75. The van der Waals surface area contributed by atoms with Crippen LogP contribution in [-0.2, 0) is 16.0 Å². The average Bonchev–Trinajstić information content (AvgIpc) is 2.91. The minimum atomic E-state index is -0.775. The molecule has 1 saturated heterocycles. The van der Waals surface area contributed by atoms with E-state index in [2.05, 4.69) is 0 Å². The van der Waals surface area contributed by atoms with Crippen LogP contribution in [0.3, 0.4) is 0 Å². The zero-order valence-electron chi connectivity index (χ0n) is 20.5. The Hall–Kier alpha value is -4.14. The molecule has 2 heterocycles. The van der Waals surface area contributed by atoms with Crippen LogP contribution in [-0.4, -0.2) is 72.6 Å². The number of hydrogen-bond acceptors (Lipinski definition) is 6. The van der Waals surface area contributed by atoms with Crippen molar-refractivity contribution in [1.82, 2.24) is 14.8 Å². The van der Waals surface area contributed by atoms with Crippen LogP contribution in [0.15, 0.2) is 54.6 Å². The van der Waals surface area contributed by atoms with Gasteiger partial charge in [0.05, 0.1) is 30.8 Å². The number of pyridine rings is 1. The van der Waals surface area contributed by atoms with E-state index in [1.165, 1.54) is 7.11 Å². The van der Waals surface area contributed by atoms with E-state index in [-0.39, 0.29) is 17.6 Å². The molecule has 0 saturated carbocycles. The molecule has 0 aliphatic carbocycles. The fourth-order valence-corrected chi connectivity index (χ4v) is 4.60. The molecule has 2 aromatic carbocycles. The Morgan fingerprint density at radius 1 is 0.972 bits per heavy atom. The first-order chi connectivity index (χ1) is 17.4. The van der Waals surface area contributed by atoms with Crippen molar-refractivity contribution in [3.63, 3.8) is 0 Å². The zero-order chi connectivity index (χ0) is 25.7. The molecule has 0 bridgehead atoms. The molecule has 2 N–H and O–H groups in total. The van der Waals surface area contributed by atoms with Crippen molar-refractivity contribution >= 4 is 28.8 Å². The Labute approximate surface area is 209 Å². The number of aromatic nitrogens is 1. The lowest BCUT2D eigenvalue weighted by molar-refractivity contribution is -0.134. The maximum Gasteiger partial charge on any atom is 0.409 e. The molecule has 1 aliphatic rings. The lowest BCUT2D eigenvalue weighted by Gasteiger charge is -2.36. The first-order valence-corrected chi connectivity index (χ1v) is 11.9. The van der Waals surface area contributed by atoms with Crippen LogP contribution >= 0.6 is 0 Å². The standard InChI is InChI=1S/C27H30N4O5/c1-3-36-27(34)31-15-13-30(14-16-31)26(33)20(17-18-9-5-4-6-10-18)23-22(25(28)32)24(35-2)19-11-7-8-12-21(19)29-23/h4-12,20H,3,13-17H2,1-2H3,(H2,28,32). The highest BCUT2D eigenvalue weighted by Crippen LogP contribution is 2.35. The molecule has 9 nitrogen and oxygen atoms in total. The average molecular weight is 491 g/mol. The topological polar surface area (TPSA) is 115 Å². The van der Waals surface area contributed by atoms with Crippen LogP contribution in [0, 0.1) is 0 Å². The number of para-hydroxylation sites is 1. The minimum absolute atomic E-state index is 0.107. The van der Waals surface area contributed by atoms with E-state index >= 15 is 0 Å². The number of rotatable bonds is 7. The summed E-state index contributed by atoms with van der Waals surface area (Å²) < 4.78 is 10.7. The summed E-state index contributed by atoms with van der Waals surface area (Å²) in [7, 11) is 1.47. The van der Waals surface area contributed by atoms with Crippen LogP contribution in [0.1, 0.15) is 34.5 Å². The Bertz CT molecular complexity index is 1260. The number of primary amides is 1. The van der Waals surface area contributed by atoms with E-state index in [0.29, 0.717) is 61.6 Å². The third-order valence-corrected chi connectivity index (χ3v) is 6.35. The summed E-state index contributed by atoms with van der Waals surface area (Å²) in [6.45, 7) is 3.47. The van der Waals surface area contributed by atoms with Crippen molar-refractivity contribution in [3.05, 3.63) is 71.4 Å². The summed E-state index contributed by atoms with van der Waals surface area (Å²) in [4.78, 5) is 46.9. The number of piperazine rings is 1. The van der Waals surface area contributed by atoms with Gasteiger partial charge in [0.25, 0.3) is 5.91 Å². The molecule has 3 amide bonds. The second kappa shape index (κ2) is 11.1. The first-order valence-electron chi connectivity index (χ1n) is 11.9. The predicted molar refractivity (Wildman–Crippen MR) is 135 cm³/mol. The van der Waals surface area contributed by atoms with Gasteiger partial charge in [0.1, 0.15) is 11.3 Å². The second-order valence-corrected chi connectivity index (χ2v) is 8.54. The molecule has 1 atom stereocenters. The number of carbonyl (C=O) groups excluding carboxylic acids is 3. The van der Waals surface area contributed by atoms with Crippen LogP contribution in [0.4, 0.5) is 4.79 Å². The normalized spacial score (nSPS) is 14.4. The molecule has 1 unspecified atom stereocenters. The van der Waals surface area contributed by atoms with E-state index < -0.39 is 11.8 Å². The molecule has 36 heavy (non-hydrogen) atoms. The quantitative estimate of drug-likeness (QED) is 0.545. The maximum absolute atomic E-state index is 14.0. The fourth-order valence-electron chi connectivity index (χ4n) is 4.60. The number of fused-ring (bicyclic) bond motifs is 1. The Kier molecular flexibility index (Phi) is 7.68. The number of methoxy groups -OCH3 is 1. The van der Waals surface area contributed by atoms with Crippen molar-refractivity contribution in [3.8, 4) is 5.75 Å². The second-order valence-electron chi connectivity index (χ2n) is 8.54. The molecule has 3 aromatic rings. The van der Waals surface area contributed by atoms with Gasteiger partial charge in [0, 0.05) is 31.6 Å². The number of nitrogens with zero attached hydrogens (tertiary/aromatic N) is 3. The molecule has 188 valence electrons. The van der Waals surface area contributed by atoms with Gasteiger partial charge < -0.3 is 25.0 Å². The molecule has 0 radical (unpaired) electrons. The van der Waals surface area contributed by atoms with Crippen LogP contribution in [0.25, 0.3) is 10.9 Å². The number of benzene rings is 2. The summed E-state index contributed by atoms with van der Waals surface area (Å²) in [5, 5.41) is 0.645. The van der Waals surface area contributed by atoms with Gasteiger partial charge in [-0.05, 0) is 31.0 Å². The van der Waals surface area contributed by atoms with E-state index in [4.69, 9.17) is 20.2 Å². The number of carbonyl (C=O) groups is 3. The third kappa shape index (κ3) is 5.10. The van der Waals surface area contributed by atoms with Crippen molar-refractivity contribution < 1.29 is 23.9 Å². The number of hydrogen-bond donors (Lipinski definition) is 1. The van der Waals surface area contributed by atoms with E-state index in [1.807, 2.05) is 48.5 Å². The molecule has 1 aliphatic heterocycles. The van der Waals surface area contributed by atoms with E-state index in [9.17, 15) is 14.4 Å². The smallest absolute Gasteiger partial charge is 0.409 e. The number of ether oxygens (including phenoxy) is 2. The summed E-state index contributed by atoms with van der Waals surface area (Å²) >= 11 is 0. The lowest BCUT2D eigenvalue weighted by Crippen LogP contribution is -2.52. The molecular formula is C27H30N4O5. The van der Waals surface area contributed by atoms with Gasteiger partial charge in [-0.1, -0.05) is 42.5 Å². The molecule has 4 rings (SSSR count). The minimum Gasteiger partial charge on any atom is -0.495 e. The zero-order valence-corrected chi connectivity index (χ0v) is 20.5. The predicted octanol–water partition coefficient (Wildman–Crippen LogP) is 2.97. The number of amides is 3. The highest BCUT2D eigenvalue weighted by atomic mass is 16.6. The van der Waals surface area contributed by atoms with Crippen LogP contribution < -0.4 is 10.5 Å². The third-order valence-electron chi connectivity index (χ3n) is 6.35. The number of nitrogens with two attached hydrogens (primary N) is 1. The molecule has 1 aromatic heterocycles. The molecule has 0 spiro atoms. The SMILES string of the molecule is CCOC(=O)N1CCN(C(=O)C(Cc2ccccc2)c2nc3ccccc3c(OC)c2C(N)=O)CC1. The van der Waals surface area contributed by atoms with Gasteiger partial charge in [-0.25, -0.2) is 4.79 Å².